The summed E-state index contributed by atoms with van der Waals surface area (Å²) >= 11 is 0. The molecule has 20 heavy (non-hydrogen) atoms. The minimum absolute atomic E-state index is 0.272. The van der Waals surface area contributed by atoms with Gasteiger partial charge in [0.25, 0.3) is 0 Å². The van der Waals surface area contributed by atoms with E-state index in [9.17, 15) is 4.39 Å². The van der Waals surface area contributed by atoms with Crippen LogP contribution < -0.4 is 4.74 Å². The molecule has 0 aliphatic carbocycles. The summed E-state index contributed by atoms with van der Waals surface area (Å²) in [5.41, 5.74) is 1.79. The lowest BCUT2D eigenvalue weighted by Gasteiger charge is -2.24. The van der Waals surface area contributed by atoms with Crippen molar-refractivity contribution in [1.82, 2.24) is 4.90 Å². The Morgan fingerprint density at radius 2 is 2.25 bits per heavy atom. The number of nitrogens with zero attached hydrogens (tertiary/aromatic N) is 2. The van der Waals surface area contributed by atoms with E-state index in [1.807, 2.05) is 25.8 Å². The van der Waals surface area contributed by atoms with Crippen LogP contribution in [0.4, 0.5) is 4.39 Å². The van der Waals surface area contributed by atoms with Crippen LogP contribution in [0.5, 0.6) is 5.75 Å². The molecular weight excluding hydrogens is 255 g/mol. The van der Waals surface area contributed by atoms with Crippen LogP contribution in [0.3, 0.4) is 0 Å². The fraction of sp³-hybridized carbons (Fsp3) is 0.438. The van der Waals surface area contributed by atoms with Crippen molar-refractivity contribution in [2.75, 3.05) is 20.1 Å². The second kappa shape index (κ2) is 5.96. The second-order valence-corrected chi connectivity index (χ2v) is 4.99. The SMILES string of the molecule is C#CCC(Oc1c(F)ccc(C)c1C)C1=NCCN1C. The lowest BCUT2D eigenvalue weighted by molar-refractivity contribution is 0.245. The zero-order valence-corrected chi connectivity index (χ0v) is 12.1. The van der Waals surface area contributed by atoms with Gasteiger partial charge in [-0.15, -0.1) is 12.3 Å². The van der Waals surface area contributed by atoms with Crippen LogP contribution in [0, 0.1) is 32.0 Å². The standard InChI is InChI=1S/C16H19FN2O/c1-5-6-14(16-18-9-10-19(16)4)20-15-12(3)11(2)7-8-13(15)17/h1,7-8,14H,6,9-10H2,2-4H3. The van der Waals surface area contributed by atoms with Crippen LogP contribution in [-0.4, -0.2) is 37.0 Å². The number of aryl methyl sites for hydroxylation is 1. The predicted molar refractivity (Wildman–Crippen MR) is 78.7 cm³/mol. The maximum absolute atomic E-state index is 14.0. The van der Waals surface area contributed by atoms with Gasteiger partial charge in [0, 0.05) is 13.6 Å². The van der Waals surface area contributed by atoms with Gasteiger partial charge < -0.3 is 9.64 Å². The third-order valence-electron chi connectivity index (χ3n) is 3.58. The first-order valence-electron chi connectivity index (χ1n) is 6.66. The molecule has 1 aromatic rings. The number of likely N-dealkylation sites (N-methyl/N-ethyl adjacent to an activating group) is 1. The average Bonchev–Trinajstić information content (AvgIpc) is 2.84. The van der Waals surface area contributed by atoms with E-state index in [2.05, 4.69) is 10.9 Å². The molecule has 1 atom stereocenters. The van der Waals surface area contributed by atoms with Gasteiger partial charge in [-0.2, -0.15) is 0 Å². The van der Waals surface area contributed by atoms with Crippen molar-refractivity contribution < 1.29 is 9.13 Å². The average molecular weight is 274 g/mol. The Morgan fingerprint density at radius 3 is 2.85 bits per heavy atom. The van der Waals surface area contributed by atoms with E-state index in [0.29, 0.717) is 6.42 Å². The van der Waals surface area contributed by atoms with Crippen molar-refractivity contribution in [3.05, 3.63) is 29.1 Å². The van der Waals surface area contributed by atoms with E-state index in [4.69, 9.17) is 11.2 Å². The third kappa shape index (κ3) is 2.77. The van der Waals surface area contributed by atoms with Crippen molar-refractivity contribution in [3.8, 4) is 18.1 Å². The Morgan fingerprint density at radius 1 is 1.50 bits per heavy atom. The number of terminal acetylenes is 1. The molecule has 106 valence electrons. The molecule has 1 aromatic carbocycles. The Labute approximate surface area is 119 Å². The lowest BCUT2D eigenvalue weighted by Crippen LogP contribution is -2.37. The van der Waals surface area contributed by atoms with E-state index in [1.165, 1.54) is 6.07 Å². The number of hydrogen-bond donors (Lipinski definition) is 0. The van der Waals surface area contributed by atoms with E-state index in [0.717, 1.165) is 30.1 Å². The number of rotatable bonds is 4. The van der Waals surface area contributed by atoms with E-state index >= 15 is 0 Å². The fourth-order valence-electron chi connectivity index (χ4n) is 2.23. The first-order valence-corrected chi connectivity index (χ1v) is 6.66. The Bertz CT molecular complexity index is 575. The first-order chi connectivity index (χ1) is 9.54. The maximum atomic E-state index is 14.0. The minimum Gasteiger partial charge on any atom is -0.478 e. The summed E-state index contributed by atoms with van der Waals surface area (Å²) in [6.07, 6.45) is 5.38. The van der Waals surface area contributed by atoms with Crippen LogP contribution in [0.2, 0.25) is 0 Å². The van der Waals surface area contributed by atoms with Gasteiger partial charge >= 0.3 is 0 Å². The first kappa shape index (κ1) is 14.4. The highest BCUT2D eigenvalue weighted by Gasteiger charge is 2.25. The van der Waals surface area contributed by atoms with Gasteiger partial charge in [0.2, 0.25) is 0 Å². The van der Waals surface area contributed by atoms with Crippen LogP contribution in [0.1, 0.15) is 17.5 Å². The molecule has 1 unspecified atom stereocenters. The Hall–Kier alpha value is -2.02. The number of aliphatic imine (C=N–C) groups is 1. The highest BCUT2D eigenvalue weighted by molar-refractivity contribution is 5.88. The highest BCUT2D eigenvalue weighted by Crippen LogP contribution is 2.27. The van der Waals surface area contributed by atoms with Gasteiger partial charge in [-0.3, -0.25) is 4.99 Å². The molecule has 0 amide bonds. The van der Waals surface area contributed by atoms with Gasteiger partial charge in [-0.25, -0.2) is 4.39 Å². The van der Waals surface area contributed by atoms with Gasteiger partial charge in [-0.05, 0) is 31.0 Å². The fourth-order valence-corrected chi connectivity index (χ4v) is 2.23. The monoisotopic (exact) mass is 274 g/mol. The number of hydrogen-bond acceptors (Lipinski definition) is 3. The summed E-state index contributed by atoms with van der Waals surface area (Å²) in [5, 5.41) is 0. The topological polar surface area (TPSA) is 24.8 Å². The summed E-state index contributed by atoms with van der Waals surface area (Å²) < 4.78 is 19.8. The van der Waals surface area contributed by atoms with Crippen LogP contribution in [0.25, 0.3) is 0 Å². The molecule has 0 bridgehead atoms. The quantitative estimate of drug-likeness (QED) is 0.788. The number of benzene rings is 1. The number of halogens is 1. The molecule has 2 rings (SSSR count). The zero-order chi connectivity index (χ0) is 14.7. The molecule has 0 spiro atoms. The molecule has 0 N–H and O–H groups in total. The van der Waals surface area contributed by atoms with Crippen molar-refractivity contribution in [2.45, 2.75) is 26.4 Å². The molecule has 0 radical (unpaired) electrons. The van der Waals surface area contributed by atoms with Crippen LogP contribution in [-0.2, 0) is 0 Å². The summed E-state index contributed by atoms with van der Waals surface area (Å²) in [7, 11) is 1.94. The van der Waals surface area contributed by atoms with Crippen LogP contribution >= 0.6 is 0 Å². The summed E-state index contributed by atoms with van der Waals surface area (Å²) in [4.78, 5) is 6.42. The molecule has 0 fully saturated rings. The number of amidine groups is 1. The Balaban J connectivity index is 2.30. The highest BCUT2D eigenvalue weighted by atomic mass is 19.1. The lowest BCUT2D eigenvalue weighted by atomic mass is 10.1. The molecular formula is C16H19FN2O. The van der Waals surface area contributed by atoms with E-state index in [-0.39, 0.29) is 11.6 Å². The Kier molecular flexibility index (Phi) is 4.29. The molecule has 3 nitrogen and oxygen atoms in total. The molecule has 0 saturated heterocycles. The molecule has 0 aromatic heterocycles. The third-order valence-corrected chi connectivity index (χ3v) is 3.58. The van der Waals surface area contributed by atoms with E-state index < -0.39 is 6.10 Å². The van der Waals surface area contributed by atoms with Gasteiger partial charge in [0.15, 0.2) is 17.7 Å². The molecule has 0 saturated carbocycles. The molecule has 1 heterocycles. The smallest absolute Gasteiger partial charge is 0.166 e. The maximum Gasteiger partial charge on any atom is 0.166 e. The normalized spacial score (nSPS) is 15.8. The number of ether oxygens (including phenoxy) is 1. The van der Waals surface area contributed by atoms with Crippen LogP contribution in [0.15, 0.2) is 17.1 Å². The largest absolute Gasteiger partial charge is 0.478 e. The van der Waals surface area contributed by atoms with Gasteiger partial charge in [-0.1, -0.05) is 6.07 Å². The summed E-state index contributed by atoms with van der Waals surface area (Å²) in [5.74, 6) is 3.29. The van der Waals surface area contributed by atoms with Gasteiger partial charge in [0.05, 0.1) is 13.0 Å². The molecule has 4 heteroatoms. The van der Waals surface area contributed by atoms with Crippen molar-refractivity contribution >= 4 is 5.84 Å². The molecule has 1 aliphatic rings. The molecule has 1 aliphatic heterocycles. The van der Waals surface area contributed by atoms with Gasteiger partial charge in [0.1, 0.15) is 5.84 Å². The van der Waals surface area contributed by atoms with E-state index in [1.54, 1.807) is 6.07 Å². The minimum atomic E-state index is -0.400. The summed E-state index contributed by atoms with van der Waals surface area (Å²) in [6.45, 7) is 5.35. The zero-order valence-electron chi connectivity index (χ0n) is 12.1. The van der Waals surface area contributed by atoms with Crippen molar-refractivity contribution in [3.63, 3.8) is 0 Å². The predicted octanol–water partition coefficient (Wildman–Crippen LogP) is 2.56. The van der Waals surface area contributed by atoms with Crippen molar-refractivity contribution in [1.29, 1.82) is 0 Å². The summed E-state index contributed by atoms with van der Waals surface area (Å²) in [6, 6.07) is 3.16. The van der Waals surface area contributed by atoms with Crippen molar-refractivity contribution in [2.24, 2.45) is 4.99 Å². The second-order valence-electron chi connectivity index (χ2n) is 4.99.